The van der Waals surface area contributed by atoms with Gasteiger partial charge in [-0.1, -0.05) is 30.3 Å². The number of rotatable bonds is 4. The lowest BCUT2D eigenvalue weighted by Gasteiger charge is -2.37. The van der Waals surface area contributed by atoms with E-state index >= 15 is 0 Å². The summed E-state index contributed by atoms with van der Waals surface area (Å²) in [6, 6.07) is 10.5. The fourth-order valence-electron chi connectivity index (χ4n) is 3.82. The SMILES string of the molecule is CN1[C@@H]2CC[C@H]1CC(OC(=O)C(C)(CO)c1ccccc1)C2. The van der Waals surface area contributed by atoms with Gasteiger partial charge >= 0.3 is 5.97 Å². The van der Waals surface area contributed by atoms with E-state index in [1.807, 2.05) is 30.3 Å². The Bertz CT molecular complexity index is 518. The van der Waals surface area contributed by atoms with E-state index in [0.29, 0.717) is 12.1 Å². The molecule has 2 heterocycles. The third-order valence-corrected chi connectivity index (χ3v) is 5.51. The molecule has 0 radical (unpaired) electrons. The van der Waals surface area contributed by atoms with Gasteiger partial charge in [0.15, 0.2) is 0 Å². The van der Waals surface area contributed by atoms with Gasteiger partial charge in [0.1, 0.15) is 11.5 Å². The van der Waals surface area contributed by atoms with E-state index in [4.69, 9.17) is 4.74 Å². The maximum atomic E-state index is 12.7. The van der Waals surface area contributed by atoms with Gasteiger partial charge in [0, 0.05) is 12.1 Å². The molecule has 2 saturated heterocycles. The molecule has 2 aliphatic heterocycles. The third kappa shape index (κ3) is 2.66. The van der Waals surface area contributed by atoms with E-state index in [-0.39, 0.29) is 18.7 Å². The van der Waals surface area contributed by atoms with Gasteiger partial charge in [0.25, 0.3) is 0 Å². The summed E-state index contributed by atoms with van der Waals surface area (Å²) in [5, 5.41) is 9.79. The van der Waals surface area contributed by atoms with Gasteiger partial charge in [-0.25, -0.2) is 0 Å². The van der Waals surface area contributed by atoms with Gasteiger partial charge in [-0.15, -0.1) is 0 Å². The summed E-state index contributed by atoms with van der Waals surface area (Å²) < 4.78 is 5.81. The Balaban J connectivity index is 1.71. The lowest BCUT2D eigenvalue weighted by atomic mass is 9.83. The molecule has 4 heteroatoms. The first-order chi connectivity index (χ1) is 10.5. The molecule has 3 rings (SSSR count). The molecule has 1 N–H and O–H groups in total. The summed E-state index contributed by atoms with van der Waals surface area (Å²) in [4.78, 5) is 15.1. The third-order valence-electron chi connectivity index (χ3n) is 5.51. The highest BCUT2D eigenvalue weighted by atomic mass is 16.5. The highest BCUT2D eigenvalue weighted by molar-refractivity contribution is 5.83. The lowest BCUT2D eigenvalue weighted by molar-refractivity contribution is -0.160. The normalized spacial score (nSPS) is 30.8. The number of aliphatic hydroxyl groups excluding tert-OH is 1. The number of carbonyl (C=O) groups is 1. The van der Waals surface area contributed by atoms with Crippen LogP contribution in [0.25, 0.3) is 0 Å². The molecule has 0 saturated carbocycles. The van der Waals surface area contributed by atoms with Gasteiger partial charge < -0.3 is 14.7 Å². The summed E-state index contributed by atoms with van der Waals surface area (Å²) in [6.45, 7) is 1.52. The summed E-state index contributed by atoms with van der Waals surface area (Å²) in [5.74, 6) is -0.310. The van der Waals surface area contributed by atoms with Crippen molar-refractivity contribution < 1.29 is 14.6 Å². The van der Waals surface area contributed by atoms with E-state index in [0.717, 1.165) is 18.4 Å². The van der Waals surface area contributed by atoms with Crippen molar-refractivity contribution in [3.05, 3.63) is 35.9 Å². The minimum Gasteiger partial charge on any atom is -0.462 e. The Labute approximate surface area is 132 Å². The zero-order valence-corrected chi connectivity index (χ0v) is 13.4. The number of carbonyl (C=O) groups excluding carboxylic acids is 1. The number of esters is 1. The van der Waals surface area contributed by atoms with Gasteiger partial charge in [-0.3, -0.25) is 4.79 Å². The summed E-state index contributed by atoms with van der Waals surface area (Å²) in [7, 11) is 2.17. The quantitative estimate of drug-likeness (QED) is 0.866. The number of hydrogen-bond donors (Lipinski definition) is 1. The van der Waals surface area contributed by atoms with Crippen LogP contribution < -0.4 is 0 Å². The van der Waals surface area contributed by atoms with Crippen molar-refractivity contribution in [1.29, 1.82) is 0 Å². The van der Waals surface area contributed by atoms with Crippen molar-refractivity contribution >= 4 is 5.97 Å². The van der Waals surface area contributed by atoms with Crippen molar-refractivity contribution in [3.63, 3.8) is 0 Å². The molecular formula is C18H25NO3. The molecule has 0 aliphatic carbocycles. The number of hydrogen-bond acceptors (Lipinski definition) is 4. The van der Waals surface area contributed by atoms with Crippen LogP contribution >= 0.6 is 0 Å². The average Bonchev–Trinajstić information content (AvgIpc) is 2.76. The molecular weight excluding hydrogens is 278 g/mol. The van der Waals surface area contributed by atoms with Crippen molar-refractivity contribution in [1.82, 2.24) is 4.90 Å². The predicted molar refractivity (Wildman–Crippen MR) is 84.6 cm³/mol. The van der Waals surface area contributed by atoms with Gasteiger partial charge in [0.05, 0.1) is 6.61 Å². The van der Waals surface area contributed by atoms with Crippen LogP contribution in [0.15, 0.2) is 30.3 Å². The van der Waals surface area contributed by atoms with Gasteiger partial charge in [-0.05, 0) is 45.2 Å². The Morgan fingerprint density at radius 3 is 2.41 bits per heavy atom. The Morgan fingerprint density at radius 1 is 1.27 bits per heavy atom. The van der Waals surface area contributed by atoms with E-state index in [9.17, 15) is 9.90 Å². The lowest BCUT2D eigenvalue weighted by Crippen LogP contribution is -2.46. The average molecular weight is 303 g/mol. The summed E-state index contributed by atoms with van der Waals surface area (Å²) >= 11 is 0. The van der Waals surface area contributed by atoms with Gasteiger partial charge in [-0.2, -0.15) is 0 Å². The second kappa shape index (κ2) is 6.01. The molecule has 0 amide bonds. The smallest absolute Gasteiger partial charge is 0.318 e. The number of nitrogens with zero attached hydrogens (tertiary/aromatic N) is 1. The van der Waals surface area contributed by atoms with E-state index in [1.54, 1.807) is 6.92 Å². The maximum Gasteiger partial charge on any atom is 0.318 e. The number of piperidine rings is 1. The predicted octanol–water partition coefficient (Wildman–Crippen LogP) is 2.10. The molecule has 1 aromatic carbocycles. The van der Waals surface area contributed by atoms with Crippen LogP contribution in [-0.4, -0.2) is 47.8 Å². The molecule has 2 unspecified atom stereocenters. The van der Waals surface area contributed by atoms with Crippen LogP contribution in [-0.2, 0) is 14.9 Å². The number of fused-ring (bicyclic) bond motifs is 2. The minimum absolute atomic E-state index is 0.0178. The number of aliphatic hydroxyl groups is 1. The summed E-state index contributed by atoms with van der Waals surface area (Å²) in [5.41, 5.74) is -0.178. The monoisotopic (exact) mass is 303 g/mol. The van der Waals surface area contributed by atoms with Crippen LogP contribution in [0.5, 0.6) is 0 Å². The maximum absolute atomic E-state index is 12.7. The standard InChI is InChI=1S/C18H25NO3/c1-18(12-20,13-6-4-3-5-7-13)17(21)22-16-10-14-8-9-15(11-16)19(14)2/h3-7,14-16,20H,8-12H2,1-2H3/t14-,15+,16?,18?. The highest BCUT2D eigenvalue weighted by Gasteiger charge is 2.43. The molecule has 22 heavy (non-hydrogen) atoms. The molecule has 120 valence electrons. The summed E-state index contributed by atoms with van der Waals surface area (Å²) in [6.07, 6.45) is 4.20. The van der Waals surface area contributed by atoms with E-state index < -0.39 is 5.41 Å². The molecule has 0 aromatic heterocycles. The zero-order valence-electron chi connectivity index (χ0n) is 13.4. The van der Waals surface area contributed by atoms with Crippen molar-refractivity contribution in [2.24, 2.45) is 0 Å². The first-order valence-electron chi connectivity index (χ1n) is 8.14. The van der Waals surface area contributed by atoms with Gasteiger partial charge in [0.2, 0.25) is 0 Å². The second-order valence-corrected chi connectivity index (χ2v) is 6.91. The van der Waals surface area contributed by atoms with E-state index in [2.05, 4.69) is 11.9 Å². The van der Waals surface area contributed by atoms with Crippen LogP contribution in [0, 0.1) is 0 Å². The largest absolute Gasteiger partial charge is 0.462 e. The molecule has 2 aliphatic rings. The van der Waals surface area contributed by atoms with Crippen LogP contribution in [0.4, 0.5) is 0 Å². The second-order valence-electron chi connectivity index (χ2n) is 6.91. The Kier molecular flexibility index (Phi) is 4.24. The topological polar surface area (TPSA) is 49.8 Å². The molecule has 2 bridgehead atoms. The van der Waals surface area contributed by atoms with Crippen molar-refractivity contribution in [3.8, 4) is 0 Å². The molecule has 1 aromatic rings. The van der Waals surface area contributed by atoms with Crippen LogP contribution in [0.1, 0.15) is 38.2 Å². The molecule has 0 spiro atoms. The van der Waals surface area contributed by atoms with E-state index in [1.165, 1.54) is 12.8 Å². The Hall–Kier alpha value is -1.39. The Morgan fingerprint density at radius 2 is 1.86 bits per heavy atom. The first kappa shape index (κ1) is 15.5. The van der Waals surface area contributed by atoms with Crippen LogP contribution in [0.3, 0.4) is 0 Å². The highest BCUT2D eigenvalue weighted by Crippen LogP contribution is 2.36. The minimum atomic E-state index is -0.982. The molecule has 2 fully saturated rings. The van der Waals surface area contributed by atoms with Crippen molar-refractivity contribution in [2.75, 3.05) is 13.7 Å². The number of ether oxygens (including phenoxy) is 1. The van der Waals surface area contributed by atoms with Crippen molar-refractivity contribution in [2.45, 2.75) is 56.2 Å². The molecule has 4 nitrogen and oxygen atoms in total. The molecule has 4 atom stereocenters. The first-order valence-corrected chi connectivity index (χ1v) is 8.14. The zero-order chi connectivity index (χ0) is 15.7. The number of benzene rings is 1. The fraction of sp³-hybridized carbons (Fsp3) is 0.611. The van der Waals surface area contributed by atoms with Crippen LogP contribution in [0.2, 0.25) is 0 Å². The fourth-order valence-corrected chi connectivity index (χ4v) is 3.82.